The summed E-state index contributed by atoms with van der Waals surface area (Å²) in [5, 5.41) is 13.2. The Kier molecular flexibility index (Phi) is 7.33. The van der Waals surface area contributed by atoms with Gasteiger partial charge in [-0.1, -0.05) is 33.6 Å². The van der Waals surface area contributed by atoms with Gasteiger partial charge in [0.1, 0.15) is 0 Å². The number of rotatable bonds is 7. The second kappa shape index (κ2) is 8.23. The van der Waals surface area contributed by atoms with Gasteiger partial charge in [-0.25, -0.2) is 0 Å². The molecule has 0 bridgehead atoms. The summed E-state index contributed by atoms with van der Waals surface area (Å²) in [4.78, 5) is 2.52. The molecule has 0 aromatic rings. The largest absolute Gasteiger partial charge is 0.395 e. The normalized spacial score (nSPS) is 24.2. The Morgan fingerprint density at radius 2 is 2.05 bits per heavy atom. The number of nitrogens with zero attached hydrogens (tertiary/aromatic N) is 1. The highest BCUT2D eigenvalue weighted by atomic mass is 16.3. The van der Waals surface area contributed by atoms with Crippen molar-refractivity contribution < 1.29 is 5.11 Å². The second-order valence-electron chi connectivity index (χ2n) is 6.82. The van der Waals surface area contributed by atoms with Crippen LogP contribution in [-0.2, 0) is 0 Å². The number of hydrogen-bond donors (Lipinski definition) is 2. The molecule has 3 heteroatoms. The van der Waals surface area contributed by atoms with Crippen molar-refractivity contribution in [1.29, 1.82) is 0 Å². The number of nitrogens with one attached hydrogen (secondary N) is 1. The fourth-order valence-corrected chi connectivity index (χ4v) is 2.95. The maximum absolute atomic E-state index is 9.61. The van der Waals surface area contributed by atoms with Gasteiger partial charge in [0.2, 0.25) is 0 Å². The van der Waals surface area contributed by atoms with E-state index < -0.39 is 0 Å². The average Bonchev–Trinajstić information content (AvgIpc) is 2.60. The first-order valence-corrected chi connectivity index (χ1v) is 8.09. The molecule has 1 saturated heterocycles. The monoisotopic (exact) mass is 270 g/mol. The third-order valence-electron chi connectivity index (χ3n) is 4.69. The summed E-state index contributed by atoms with van der Waals surface area (Å²) in [5.74, 6) is 0. The van der Waals surface area contributed by atoms with E-state index in [-0.39, 0.29) is 5.41 Å². The van der Waals surface area contributed by atoms with Gasteiger partial charge in [-0.3, -0.25) is 4.90 Å². The molecule has 0 aliphatic carbocycles. The SMILES string of the molecule is CCCNC(C)C(C)(C)CN1CCCCCC1CO. The molecule has 0 saturated carbocycles. The highest BCUT2D eigenvalue weighted by Gasteiger charge is 2.31. The molecule has 0 spiro atoms. The first kappa shape index (κ1) is 16.9. The molecule has 1 rings (SSSR count). The average molecular weight is 270 g/mol. The molecule has 1 fully saturated rings. The summed E-state index contributed by atoms with van der Waals surface area (Å²) in [6, 6.07) is 0.884. The molecule has 0 radical (unpaired) electrons. The minimum Gasteiger partial charge on any atom is -0.395 e. The van der Waals surface area contributed by atoms with E-state index in [2.05, 4.69) is 37.9 Å². The Morgan fingerprint density at radius 3 is 2.68 bits per heavy atom. The van der Waals surface area contributed by atoms with E-state index in [0.29, 0.717) is 18.7 Å². The van der Waals surface area contributed by atoms with Crippen molar-refractivity contribution in [2.24, 2.45) is 5.41 Å². The Hall–Kier alpha value is -0.120. The van der Waals surface area contributed by atoms with Crippen molar-refractivity contribution in [3.8, 4) is 0 Å². The lowest BCUT2D eigenvalue weighted by atomic mass is 9.84. The van der Waals surface area contributed by atoms with Crippen LogP contribution in [-0.4, -0.2) is 48.3 Å². The molecule has 2 unspecified atom stereocenters. The van der Waals surface area contributed by atoms with Crippen LogP contribution in [0.2, 0.25) is 0 Å². The van der Waals surface area contributed by atoms with Crippen LogP contribution in [0.5, 0.6) is 0 Å². The highest BCUT2D eigenvalue weighted by molar-refractivity contribution is 4.87. The molecule has 0 aromatic heterocycles. The van der Waals surface area contributed by atoms with Crippen molar-refractivity contribution in [3.63, 3.8) is 0 Å². The highest BCUT2D eigenvalue weighted by Crippen LogP contribution is 2.26. The molecule has 2 N–H and O–H groups in total. The quantitative estimate of drug-likeness (QED) is 0.746. The molecule has 1 heterocycles. The smallest absolute Gasteiger partial charge is 0.0586 e. The Morgan fingerprint density at radius 1 is 1.32 bits per heavy atom. The van der Waals surface area contributed by atoms with E-state index in [1.54, 1.807) is 0 Å². The van der Waals surface area contributed by atoms with E-state index in [0.717, 1.165) is 26.1 Å². The van der Waals surface area contributed by atoms with E-state index in [9.17, 15) is 5.11 Å². The van der Waals surface area contributed by atoms with Gasteiger partial charge in [-0.2, -0.15) is 0 Å². The number of hydrogen-bond acceptors (Lipinski definition) is 3. The van der Waals surface area contributed by atoms with Gasteiger partial charge in [0.25, 0.3) is 0 Å². The first-order valence-electron chi connectivity index (χ1n) is 8.09. The van der Waals surface area contributed by atoms with Gasteiger partial charge in [0.15, 0.2) is 0 Å². The minimum atomic E-state index is 0.243. The lowest BCUT2D eigenvalue weighted by molar-refractivity contribution is 0.0730. The zero-order valence-corrected chi connectivity index (χ0v) is 13.4. The number of aliphatic hydroxyl groups excluding tert-OH is 1. The van der Waals surface area contributed by atoms with Crippen LogP contribution in [0.1, 0.15) is 59.8 Å². The van der Waals surface area contributed by atoms with Gasteiger partial charge in [-0.05, 0) is 44.7 Å². The molecule has 2 atom stereocenters. The van der Waals surface area contributed by atoms with Crippen LogP contribution in [0.15, 0.2) is 0 Å². The first-order chi connectivity index (χ1) is 9.01. The van der Waals surface area contributed by atoms with Crippen molar-refractivity contribution in [1.82, 2.24) is 10.2 Å². The standard InChI is InChI=1S/C16H34N2O/c1-5-10-17-14(2)16(3,4)13-18-11-8-6-7-9-15(18)12-19/h14-15,17,19H,5-13H2,1-4H3. The topological polar surface area (TPSA) is 35.5 Å². The van der Waals surface area contributed by atoms with Gasteiger partial charge >= 0.3 is 0 Å². The lowest BCUT2D eigenvalue weighted by Gasteiger charge is -2.40. The molecule has 0 amide bonds. The number of likely N-dealkylation sites (tertiary alicyclic amines) is 1. The minimum absolute atomic E-state index is 0.243. The number of aliphatic hydroxyl groups is 1. The van der Waals surface area contributed by atoms with Gasteiger partial charge in [-0.15, -0.1) is 0 Å². The zero-order chi connectivity index (χ0) is 14.3. The van der Waals surface area contributed by atoms with Crippen LogP contribution < -0.4 is 5.32 Å². The summed E-state index contributed by atoms with van der Waals surface area (Å²) in [5.41, 5.74) is 0.243. The van der Waals surface area contributed by atoms with Crippen LogP contribution in [0.4, 0.5) is 0 Å². The maximum atomic E-state index is 9.61. The van der Waals surface area contributed by atoms with Gasteiger partial charge in [0.05, 0.1) is 6.61 Å². The zero-order valence-electron chi connectivity index (χ0n) is 13.4. The molecule has 0 aromatic carbocycles. The molecule has 1 aliphatic rings. The summed E-state index contributed by atoms with van der Waals surface area (Å²) >= 11 is 0. The Balaban J connectivity index is 2.57. The van der Waals surface area contributed by atoms with E-state index >= 15 is 0 Å². The lowest BCUT2D eigenvalue weighted by Crippen LogP contribution is -2.50. The molecule has 1 aliphatic heterocycles. The van der Waals surface area contributed by atoms with Gasteiger partial charge in [0, 0.05) is 18.6 Å². The Bertz CT molecular complexity index is 243. The van der Waals surface area contributed by atoms with Crippen LogP contribution in [0.25, 0.3) is 0 Å². The molecule has 3 nitrogen and oxygen atoms in total. The van der Waals surface area contributed by atoms with E-state index in [1.165, 1.54) is 25.7 Å². The summed E-state index contributed by atoms with van der Waals surface area (Å²) in [6.07, 6.45) is 6.21. The predicted octanol–water partition coefficient (Wildman–Crippen LogP) is 2.64. The third-order valence-corrected chi connectivity index (χ3v) is 4.69. The second-order valence-corrected chi connectivity index (χ2v) is 6.82. The van der Waals surface area contributed by atoms with E-state index in [1.807, 2.05) is 0 Å². The molecule has 19 heavy (non-hydrogen) atoms. The fourth-order valence-electron chi connectivity index (χ4n) is 2.95. The van der Waals surface area contributed by atoms with Crippen LogP contribution in [0, 0.1) is 5.41 Å². The molecular formula is C16H34N2O. The predicted molar refractivity (Wildman–Crippen MR) is 82.5 cm³/mol. The van der Waals surface area contributed by atoms with Crippen LogP contribution in [0.3, 0.4) is 0 Å². The van der Waals surface area contributed by atoms with Crippen molar-refractivity contribution in [2.45, 2.75) is 71.9 Å². The van der Waals surface area contributed by atoms with Crippen molar-refractivity contribution >= 4 is 0 Å². The van der Waals surface area contributed by atoms with Crippen LogP contribution >= 0.6 is 0 Å². The molecular weight excluding hydrogens is 236 g/mol. The van der Waals surface area contributed by atoms with E-state index in [4.69, 9.17) is 0 Å². The summed E-state index contributed by atoms with van der Waals surface area (Å²) < 4.78 is 0. The van der Waals surface area contributed by atoms with Crippen molar-refractivity contribution in [2.75, 3.05) is 26.2 Å². The third kappa shape index (κ3) is 5.41. The summed E-state index contributed by atoms with van der Waals surface area (Å²) in [7, 11) is 0. The fraction of sp³-hybridized carbons (Fsp3) is 1.00. The van der Waals surface area contributed by atoms with Gasteiger partial charge < -0.3 is 10.4 Å². The van der Waals surface area contributed by atoms with Crippen molar-refractivity contribution in [3.05, 3.63) is 0 Å². The summed E-state index contributed by atoms with van der Waals surface area (Å²) in [6.45, 7) is 12.8. The Labute approximate surface area is 119 Å². The maximum Gasteiger partial charge on any atom is 0.0586 e. The molecule has 114 valence electrons.